The van der Waals surface area contributed by atoms with Crippen LogP contribution in [0.15, 0.2) is 48.5 Å². The normalized spacial score (nSPS) is 10.0. The minimum atomic E-state index is -0.575. The highest BCUT2D eigenvalue weighted by Crippen LogP contribution is 2.15. The molecule has 0 amide bonds. The van der Waals surface area contributed by atoms with Gasteiger partial charge in [-0.1, -0.05) is 12.1 Å². The molecular formula is C18H16O5. The molecule has 0 saturated carbocycles. The van der Waals surface area contributed by atoms with Crippen LogP contribution in [-0.2, 0) is 4.79 Å². The second-order valence-corrected chi connectivity index (χ2v) is 4.93. The molecule has 0 aliphatic rings. The Kier molecular flexibility index (Phi) is 5.25. The Hall–Kier alpha value is -2.95. The molecule has 0 N–H and O–H groups in total. The van der Waals surface area contributed by atoms with Gasteiger partial charge in [-0.3, -0.25) is 9.59 Å². The molecule has 5 nitrogen and oxygen atoms in total. The molecule has 2 aromatic carbocycles. The van der Waals surface area contributed by atoms with Crippen LogP contribution in [0.2, 0.25) is 0 Å². The lowest BCUT2D eigenvalue weighted by Gasteiger charge is -2.08. The minimum Gasteiger partial charge on any atom is -0.482 e. The van der Waals surface area contributed by atoms with E-state index in [-0.39, 0.29) is 18.2 Å². The first kappa shape index (κ1) is 16.4. The fourth-order valence-electron chi connectivity index (χ4n) is 1.87. The monoisotopic (exact) mass is 312 g/mol. The molecule has 0 radical (unpaired) electrons. The van der Waals surface area contributed by atoms with Gasteiger partial charge in [0.2, 0.25) is 0 Å². The van der Waals surface area contributed by atoms with E-state index in [0.717, 1.165) is 0 Å². The Morgan fingerprint density at radius 2 is 1.48 bits per heavy atom. The molecule has 0 fully saturated rings. The third kappa shape index (κ3) is 4.78. The molecule has 2 rings (SSSR count). The maximum atomic E-state index is 11.7. The van der Waals surface area contributed by atoms with Crippen LogP contribution in [0.4, 0.5) is 0 Å². The minimum absolute atomic E-state index is 0.0587. The average Bonchev–Trinajstić information content (AvgIpc) is 2.53. The average molecular weight is 312 g/mol. The Morgan fingerprint density at radius 3 is 2.09 bits per heavy atom. The first-order chi connectivity index (χ1) is 11.0. The van der Waals surface area contributed by atoms with Crippen molar-refractivity contribution in [1.82, 2.24) is 0 Å². The number of esters is 1. The van der Waals surface area contributed by atoms with E-state index >= 15 is 0 Å². The molecule has 5 heteroatoms. The number of benzene rings is 2. The fourth-order valence-corrected chi connectivity index (χ4v) is 1.87. The van der Waals surface area contributed by atoms with E-state index in [1.54, 1.807) is 48.5 Å². The third-order valence-corrected chi connectivity index (χ3v) is 3.09. The maximum absolute atomic E-state index is 11.7. The van der Waals surface area contributed by atoms with E-state index in [9.17, 15) is 14.4 Å². The van der Waals surface area contributed by atoms with Crippen LogP contribution in [0.5, 0.6) is 11.5 Å². The van der Waals surface area contributed by atoms with Gasteiger partial charge in [0.1, 0.15) is 11.5 Å². The molecule has 0 aliphatic carbocycles. The number of carbonyl (C=O) groups is 3. The van der Waals surface area contributed by atoms with Crippen LogP contribution in [-0.4, -0.2) is 24.1 Å². The summed E-state index contributed by atoms with van der Waals surface area (Å²) >= 11 is 0. The van der Waals surface area contributed by atoms with Gasteiger partial charge < -0.3 is 9.47 Å². The van der Waals surface area contributed by atoms with E-state index < -0.39 is 5.97 Å². The summed E-state index contributed by atoms with van der Waals surface area (Å²) in [6, 6.07) is 12.8. The Balaban J connectivity index is 1.91. The van der Waals surface area contributed by atoms with Crippen molar-refractivity contribution in [2.45, 2.75) is 13.8 Å². The highest BCUT2D eigenvalue weighted by atomic mass is 16.6. The zero-order valence-electron chi connectivity index (χ0n) is 12.9. The Bertz CT molecular complexity index is 731. The van der Waals surface area contributed by atoms with Gasteiger partial charge in [0, 0.05) is 11.1 Å². The van der Waals surface area contributed by atoms with Crippen LogP contribution in [0, 0.1) is 0 Å². The van der Waals surface area contributed by atoms with Crippen molar-refractivity contribution in [3.63, 3.8) is 0 Å². The third-order valence-electron chi connectivity index (χ3n) is 3.09. The Labute approximate surface area is 133 Å². The van der Waals surface area contributed by atoms with Gasteiger partial charge in [-0.15, -0.1) is 0 Å². The first-order valence-electron chi connectivity index (χ1n) is 7.01. The molecule has 0 spiro atoms. The zero-order chi connectivity index (χ0) is 16.8. The number of hydrogen-bond donors (Lipinski definition) is 0. The second kappa shape index (κ2) is 7.35. The van der Waals surface area contributed by atoms with Crippen molar-refractivity contribution >= 4 is 17.5 Å². The molecule has 0 atom stereocenters. The van der Waals surface area contributed by atoms with Gasteiger partial charge in [-0.25, -0.2) is 4.79 Å². The molecule has 0 heterocycles. The number of carbonyl (C=O) groups excluding carboxylic acids is 3. The highest BCUT2D eigenvalue weighted by molar-refractivity contribution is 5.94. The SMILES string of the molecule is CC(=O)c1ccc(OC(=O)COc2cccc(C(C)=O)c2)cc1. The number of ketones is 2. The standard InChI is InChI=1S/C18H16O5/c1-12(19)14-6-8-16(9-7-14)23-18(21)11-22-17-5-3-4-15(10-17)13(2)20/h3-10H,11H2,1-2H3. The first-order valence-corrected chi connectivity index (χ1v) is 7.01. The van der Waals surface area contributed by atoms with Gasteiger partial charge in [0.15, 0.2) is 18.2 Å². The maximum Gasteiger partial charge on any atom is 0.349 e. The summed E-state index contributed by atoms with van der Waals surface area (Å²) in [4.78, 5) is 34.2. The molecule has 23 heavy (non-hydrogen) atoms. The number of rotatable bonds is 6. The van der Waals surface area contributed by atoms with Crippen molar-refractivity contribution in [3.05, 3.63) is 59.7 Å². The summed E-state index contributed by atoms with van der Waals surface area (Å²) in [6.07, 6.45) is 0. The number of Topliss-reactive ketones (excluding diaryl/α,β-unsaturated/α-hetero) is 2. The van der Waals surface area contributed by atoms with Crippen LogP contribution in [0.3, 0.4) is 0 Å². The second-order valence-electron chi connectivity index (χ2n) is 4.93. The van der Waals surface area contributed by atoms with Crippen molar-refractivity contribution < 1.29 is 23.9 Å². The molecule has 0 bridgehead atoms. The summed E-state index contributed by atoms with van der Waals surface area (Å²) in [5, 5.41) is 0. The molecule has 0 aromatic heterocycles. The summed E-state index contributed by atoms with van der Waals surface area (Å²) in [5.41, 5.74) is 1.05. The fraction of sp³-hybridized carbons (Fsp3) is 0.167. The van der Waals surface area contributed by atoms with Gasteiger partial charge >= 0.3 is 5.97 Å². The molecule has 0 aliphatic heterocycles. The van der Waals surface area contributed by atoms with Crippen LogP contribution in [0.25, 0.3) is 0 Å². The number of ether oxygens (including phenoxy) is 2. The largest absolute Gasteiger partial charge is 0.482 e. The molecule has 0 saturated heterocycles. The van der Waals surface area contributed by atoms with E-state index in [0.29, 0.717) is 22.6 Å². The number of hydrogen-bond acceptors (Lipinski definition) is 5. The lowest BCUT2D eigenvalue weighted by atomic mass is 10.1. The van der Waals surface area contributed by atoms with E-state index in [2.05, 4.69) is 0 Å². The smallest absolute Gasteiger partial charge is 0.349 e. The highest BCUT2D eigenvalue weighted by Gasteiger charge is 2.08. The molecule has 0 unspecified atom stereocenters. The summed E-state index contributed by atoms with van der Waals surface area (Å²) < 4.78 is 10.4. The Morgan fingerprint density at radius 1 is 0.826 bits per heavy atom. The summed E-state index contributed by atoms with van der Waals surface area (Å²) in [6.45, 7) is 2.64. The van der Waals surface area contributed by atoms with Crippen molar-refractivity contribution in [2.24, 2.45) is 0 Å². The van der Waals surface area contributed by atoms with Crippen LogP contribution < -0.4 is 9.47 Å². The molecule has 118 valence electrons. The molecular weight excluding hydrogens is 296 g/mol. The summed E-state index contributed by atoms with van der Waals surface area (Å²) in [7, 11) is 0. The van der Waals surface area contributed by atoms with Gasteiger partial charge in [-0.05, 0) is 50.2 Å². The summed E-state index contributed by atoms with van der Waals surface area (Å²) in [5.74, 6) is 0.0385. The van der Waals surface area contributed by atoms with Gasteiger partial charge in [-0.2, -0.15) is 0 Å². The lowest BCUT2D eigenvalue weighted by Crippen LogP contribution is -2.17. The predicted molar refractivity (Wildman–Crippen MR) is 84.0 cm³/mol. The van der Waals surface area contributed by atoms with E-state index in [1.807, 2.05) is 0 Å². The molecule has 2 aromatic rings. The van der Waals surface area contributed by atoms with Gasteiger partial charge in [0.25, 0.3) is 0 Å². The van der Waals surface area contributed by atoms with E-state index in [4.69, 9.17) is 9.47 Å². The van der Waals surface area contributed by atoms with Crippen LogP contribution in [0.1, 0.15) is 34.6 Å². The van der Waals surface area contributed by atoms with Gasteiger partial charge in [0.05, 0.1) is 0 Å². The van der Waals surface area contributed by atoms with E-state index in [1.165, 1.54) is 13.8 Å². The predicted octanol–water partition coefficient (Wildman–Crippen LogP) is 3.08. The van der Waals surface area contributed by atoms with Crippen molar-refractivity contribution in [3.8, 4) is 11.5 Å². The zero-order valence-corrected chi connectivity index (χ0v) is 12.9. The topological polar surface area (TPSA) is 69.7 Å². The lowest BCUT2D eigenvalue weighted by molar-refractivity contribution is -0.136. The van der Waals surface area contributed by atoms with Crippen LogP contribution >= 0.6 is 0 Å². The van der Waals surface area contributed by atoms with Crippen molar-refractivity contribution in [2.75, 3.05) is 6.61 Å². The quantitative estimate of drug-likeness (QED) is 0.466. The van der Waals surface area contributed by atoms with Crippen molar-refractivity contribution in [1.29, 1.82) is 0 Å².